The number of alkyl halides is 3. The summed E-state index contributed by atoms with van der Waals surface area (Å²) in [7, 11) is 1.39. The average Bonchev–Trinajstić information content (AvgIpc) is 2.41. The molecule has 0 atom stereocenters. The number of para-hydroxylation sites is 1. The minimum atomic E-state index is -4.50. The summed E-state index contributed by atoms with van der Waals surface area (Å²) >= 11 is 0. The monoisotopic (exact) mass is 302 g/mol. The van der Waals surface area contributed by atoms with Gasteiger partial charge in [-0.15, -0.1) is 0 Å². The summed E-state index contributed by atoms with van der Waals surface area (Å²) in [5, 5.41) is 2.52. The summed E-state index contributed by atoms with van der Waals surface area (Å²) < 4.78 is 39.0. The van der Waals surface area contributed by atoms with E-state index >= 15 is 0 Å². The van der Waals surface area contributed by atoms with E-state index in [1.165, 1.54) is 19.2 Å². The minimum absolute atomic E-state index is 0.0508. The Hall–Kier alpha value is -1.72. The second-order valence-electron chi connectivity index (χ2n) is 5.21. The number of amides is 1. The van der Waals surface area contributed by atoms with E-state index in [2.05, 4.69) is 5.32 Å². The van der Waals surface area contributed by atoms with Crippen molar-refractivity contribution in [1.82, 2.24) is 4.90 Å². The summed E-state index contributed by atoms with van der Waals surface area (Å²) in [6.07, 6.45) is -4.50. The third kappa shape index (κ3) is 4.12. The third-order valence-corrected chi connectivity index (χ3v) is 3.10. The van der Waals surface area contributed by atoms with Gasteiger partial charge in [0.1, 0.15) is 0 Å². The fourth-order valence-corrected chi connectivity index (χ4v) is 2.20. The first-order chi connectivity index (χ1) is 9.72. The van der Waals surface area contributed by atoms with E-state index in [-0.39, 0.29) is 23.1 Å². The minimum Gasteiger partial charge on any atom is -0.387 e. The van der Waals surface area contributed by atoms with Crippen LogP contribution >= 0.6 is 0 Å². The lowest BCUT2D eigenvalue weighted by molar-refractivity contribution is -0.136. The number of carbonyl (C=O) groups excluding carboxylic acids is 1. The van der Waals surface area contributed by atoms with Gasteiger partial charge in [0.2, 0.25) is 0 Å². The van der Waals surface area contributed by atoms with E-state index in [1.54, 1.807) is 4.90 Å². The van der Waals surface area contributed by atoms with Crippen LogP contribution in [0.5, 0.6) is 0 Å². The van der Waals surface area contributed by atoms with Gasteiger partial charge in [0.25, 0.3) is 5.91 Å². The molecule has 0 unspecified atom stereocenters. The van der Waals surface area contributed by atoms with Crippen LogP contribution in [-0.2, 0) is 6.18 Å². The number of benzene rings is 1. The lowest BCUT2D eigenvalue weighted by Crippen LogP contribution is -2.34. The molecule has 6 heteroatoms. The quantitative estimate of drug-likeness (QED) is 0.895. The zero-order valence-electron chi connectivity index (χ0n) is 12.7. The van der Waals surface area contributed by atoms with E-state index in [0.29, 0.717) is 13.1 Å². The topological polar surface area (TPSA) is 32.3 Å². The first kappa shape index (κ1) is 17.3. The van der Waals surface area contributed by atoms with Crippen LogP contribution in [0.25, 0.3) is 0 Å². The molecular formula is C15H21F3N2O. The van der Waals surface area contributed by atoms with Crippen LogP contribution in [0, 0.1) is 5.92 Å². The molecule has 0 radical (unpaired) electrons. The maximum atomic E-state index is 13.0. The van der Waals surface area contributed by atoms with Crippen molar-refractivity contribution < 1.29 is 18.0 Å². The van der Waals surface area contributed by atoms with Gasteiger partial charge in [-0.25, -0.2) is 0 Å². The largest absolute Gasteiger partial charge is 0.418 e. The van der Waals surface area contributed by atoms with E-state index < -0.39 is 11.7 Å². The van der Waals surface area contributed by atoms with Crippen molar-refractivity contribution in [1.29, 1.82) is 0 Å². The Balaban J connectivity index is 3.26. The van der Waals surface area contributed by atoms with Gasteiger partial charge in [-0.1, -0.05) is 19.9 Å². The van der Waals surface area contributed by atoms with Crippen LogP contribution in [0.1, 0.15) is 36.7 Å². The van der Waals surface area contributed by atoms with Gasteiger partial charge in [0.15, 0.2) is 0 Å². The van der Waals surface area contributed by atoms with E-state index in [9.17, 15) is 18.0 Å². The number of nitrogens with one attached hydrogen (secondary N) is 1. The maximum Gasteiger partial charge on any atom is 0.418 e. The predicted octanol–water partition coefficient (Wildman–Crippen LogP) is 3.87. The highest BCUT2D eigenvalue weighted by molar-refractivity contribution is 6.00. The highest BCUT2D eigenvalue weighted by Gasteiger charge is 2.35. The summed E-state index contributed by atoms with van der Waals surface area (Å²) in [6.45, 7) is 6.69. The molecule has 0 aliphatic carbocycles. The van der Waals surface area contributed by atoms with Crippen LogP contribution in [0.4, 0.5) is 18.9 Å². The molecule has 1 rings (SSSR count). The van der Waals surface area contributed by atoms with Crippen molar-refractivity contribution in [2.45, 2.75) is 26.9 Å². The Morgan fingerprint density at radius 3 is 2.38 bits per heavy atom. The molecule has 0 saturated carbocycles. The molecule has 0 aliphatic heterocycles. The van der Waals surface area contributed by atoms with E-state index in [0.717, 1.165) is 6.07 Å². The molecule has 21 heavy (non-hydrogen) atoms. The average molecular weight is 302 g/mol. The van der Waals surface area contributed by atoms with Crippen LogP contribution in [0.2, 0.25) is 0 Å². The number of hydrogen-bond donors (Lipinski definition) is 1. The molecule has 118 valence electrons. The third-order valence-electron chi connectivity index (χ3n) is 3.10. The van der Waals surface area contributed by atoms with Crippen LogP contribution in [-0.4, -0.2) is 30.9 Å². The first-order valence-electron chi connectivity index (χ1n) is 6.89. The Labute approximate surface area is 123 Å². The van der Waals surface area contributed by atoms with Gasteiger partial charge in [-0.3, -0.25) is 4.79 Å². The molecule has 0 aromatic heterocycles. The smallest absolute Gasteiger partial charge is 0.387 e. The van der Waals surface area contributed by atoms with Crippen LogP contribution < -0.4 is 5.32 Å². The summed E-state index contributed by atoms with van der Waals surface area (Å²) in [5.41, 5.74) is -0.941. The molecule has 0 heterocycles. The van der Waals surface area contributed by atoms with Crippen molar-refractivity contribution in [2.24, 2.45) is 5.92 Å². The molecule has 1 aromatic carbocycles. The number of nitrogens with zero attached hydrogens (tertiary/aromatic N) is 1. The van der Waals surface area contributed by atoms with Gasteiger partial charge in [0.05, 0.1) is 16.8 Å². The fraction of sp³-hybridized carbons (Fsp3) is 0.533. The summed E-state index contributed by atoms with van der Waals surface area (Å²) in [6, 6.07) is 3.66. The highest BCUT2D eigenvalue weighted by Crippen LogP contribution is 2.36. The normalized spacial score (nSPS) is 11.6. The molecule has 1 aromatic rings. The molecule has 1 amide bonds. The van der Waals surface area contributed by atoms with Crippen molar-refractivity contribution in [3.63, 3.8) is 0 Å². The predicted molar refractivity (Wildman–Crippen MR) is 77.4 cm³/mol. The number of hydrogen-bond acceptors (Lipinski definition) is 2. The highest BCUT2D eigenvalue weighted by atomic mass is 19.4. The Morgan fingerprint density at radius 2 is 1.95 bits per heavy atom. The zero-order chi connectivity index (χ0) is 16.2. The SMILES string of the molecule is CCN(CC(C)C)C(=O)c1cccc(C(F)(F)F)c1NC. The van der Waals surface area contributed by atoms with Gasteiger partial charge >= 0.3 is 6.18 Å². The van der Waals surface area contributed by atoms with Crippen LogP contribution in [0.15, 0.2) is 18.2 Å². The Morgan fingerprint density at radius 1 is 1.33 bits per heavy atom. The zero-order valence-corrected chi connectivity index (χ0v) is 12.7. The number of anilines is 1. The van der Waals surface area contributed by atoms with Crippen molar-refractivity contribution in [3.8, 4) is 0 Å². The second-order valence-corrected chi connectivity index (χ2v) is 5.21. The fourth-order valence-electron chi connectivity index (χ4n) is 2.20. The lowest BCUT2D eigenvalue weighted by Gasteiger charge is -2.25. The van der Waals surface area contributed by atoms with Gasteiger partial charge in [0, 0.05) is 20.1 Å². The van der Waals surface area contributed by atoms with Crippen LogP contribution in [0.3, 0.4) is 0 Å². The Bertz CT molecular complexity index is 498. The van der Waals surface area contributed by atoms with Gasteiger partial charge in [-0.05, 0) is 25.0 Å². The lowest BCUT2D eigenvalue weighted by atomic mass is 10.0. The number of carbonyl (C=O) groups is 1. The molecule has 0 aliphatic rings. The first-order valence-corrected chi connectivity index (χ1v) is 6.89. The molecule has 0 saturated heterocycles. The van der Waals surface area contributed by atoms with E-state index in [4.69, 9.17) is 0 Å². The van der Waals surface area contributed by atoms with Gasteiger partial charge < -0.3 is 10.2 Å². The molecule has 1 N–H and O–H groups in total. The Kier molecular flexibility index (Phi) is 5.63. The second kappa shape index (κ2) is 6.83. The maximum absolute atomic E-state index is 13.0. The van der Waals surface area contributed by atoms with Crippen molar-refractivity contribution in [2.75, 3.05) is 25.5 Å². The van der Waals surface area contributed by atoms with Crippen molar-refractivity contribution >= 4 is 11.6 Å². The number of halogens is 3. The standard InChI is InChI=1S/C15H21F3N2O/c1-5-20(9-10(2)3)14(21)11-7-6-8-12(13(11)19-4)15(16,17)18/h6-8,10,19H,5,9H2,1-4H3. The van der Waals surface area contributed by atoms with E-state index in [1.807, 2.05) is 20.8 Å². The number of rotatable bonds is 5. The summed E-state index contributed by atoms with van der Waals surface area (Å²) in [5.74, 6) is -0.139. The molecule has 0 spiro atoms. The molecule has 0 fully saturated rings. The molecular weight excluding hydrogens is 281 g/mol. The molecule has 3 nitrogen and oxygen atoms in total. The van der Waals surface area contributed by atoms with Crippen molar-refractivity contribution in [3.05, 3.63) is 29.3 Å². The van der Waals surface area contributed by atoms with Gasteiger partial charge in [-0.2, -0.15) is 13.2 Å². The summed E-state index contributed by atoms with van der Waals surface area (Å²) in [4.78, 5) is 14.0. The molecule has 0 bridgehead atoms.